The molecule has 5 nitrogen and oxygen atoms in total. The van der Waals surface area contributed by atoms with Crippen LogP contribution < -0.4 is 10.7 Å². The van der Waals surface area contributed by atoms with Gasteiger partial charge in [0.15, 0.2) is 6.04 Å². The highest BCUT2D eigenvalue weighted by Gasteiger charge is 2.47. The van der Waals surface area contributed by atoms with Crippen LogP contribution in [0.5, 0.6) is 0 Å². The zero-order chi connectivity index (χ0) is 22.0. The van der Waals surface area contributed by atoms with Crippen molar-refractivity contribution in [3.8, 4) is 0 Å². The van der Waals surface area contributed by atoms with Gasteiger partial charge in [0, 0.05) is 21.2 Å². The maximum Gasteiger partial charge on any atom is 0.304 e. The summed E-state index contributed by atoms with van der Waals surface area (Å²) < 4.78 is 15.9. The Hall–Kier alpha value is -3.32. The van der Waals surface area contributed by atoms with Gasteiger partial charge < -0.3 is 5.32 Å². The summed E-state index contributed by atoms with van der Waals surface area (Å²) in [5, 5.41) is 2.81. The molecular formula is C24H20BrFN3O2+. The maximum absolute atomic E-state index is 13.2. The number of amides is 2. The Morgan fingerprint density at radius 2 is 1.68 bits per heavy atom. The van der Waals surface area contributed by atoms with Gasteiger partial charge in [-0.05, 0) is 55.5 Å². The van der Waals surface area contributed by atoms with Gasteiger partial charge in [-0.3, -0.25) is 9.59 Å². The first-order valence-corrected chi connectivity index (χ1v) is 10.5. The number of nitrogens with zero attached hydrogens (tertiary/aromatic N) is 1. The molecule has 1 aliphatic heterocycles. The average molecular weight is 481 g/mol. The predicted molar refractivity (Wildman–Crippen MR) is 119 cm³/mol. The fourth-order valence-corrected chi connectivity index (χ4v) is 3.74. The SMILES string of the molecule is Cc1ccc([C@@H]2[C@@H](NC(=O)c3ccc(F)cc3)C(=O)N/[N+]2=C\c2ccc(Br)cc2)cc1. The number of hydrogen-bond acceptors (Lipinski definition) is 2. The molecule has 2 amide bonds. The summed E-state index contributed by atoms with van der Waals surface area (Å²) in [4.78, 5) is 25.6. The van der Waals surface area contributed by atoms with E-state index in [1.165, 1.54) is 24.3 Å². The van der Waals surface area contributed by atoms with Crippen LogP contribution in [0.4, 0.5) is 4.39 Å². The van der Waals surface area contributed by atoms with E-state index in [4.69, 9.17) is 0 Å². The van der Waals surface area contributed by atoms with Crippen molar-refractivity contribution < 1.29 is 18.7 Å². The molecule has 3 aromatic carbocycles. The summed E-state index contributed by atoms with van der Waals surface area (Å²) in [5.74, 6) is -1.19. The van der Waals surface area contributed by atoms with Gasteiger partial charge in [-0.15, -0.1) is 10.1 Å². The number of halogens is 2. The number of hydrogen-bond donors (Lipinski definition) is 2. The lowest BCUT2D eigenvalue weighted by molar-refractivity contribution is -0.596. The number of carbonyl (C=O) groups excluding carboxylic acids is 2. The van der Waals surface area contributed by atoms with E-state index >= 15 is 0 Å². The van der Waals surface area contributed by atoms with Crippen LogP contribution in [0.15, 0.2) is 77.3 Å². The Morgan fingerprint density at radius 1 is 1.03 bits per heavy atom. The molecule has 7 heteroatoms. The number of aryl methyl sites for hydroxylation is 1. The van der Waals surface area contributed by atoms with Gasteiger partial charge >= 0.3 is 5.91 Å². The molecule has 0 saturated carbocycles. The molecule has 0 bridgehead atoms. The molecule has 0 radical (unpaired) electrons. The van der Waals surface area contributed by atoms with Crippen molar-refractivity contribution in [2.75, 3.05) is 0 Å². The van der Waals surface area contributed by atoms with Crippen molar-refractivity contribution >= 4 is 34.0 Å². The van der Waals surface area contributed by atoms with Gasteiger partial charge in [0.1, 0.15) is 5.82 Å². The molecule has 4 rings (SSSR count). The molecule has 0 spiro atoms. The lowest BCUT2D eigenvalue weighted by Gasteiger charge is -2.15. The highest BCUT2D eigenvalue weighted by molar-refractivity contribution is 9.10. The highest BCUT2D eigenvalue weighted by atomic mass is 79.9. The number of rotatable bonds is 4. The van der Waals surface area contributed by atoms with Crippen molar-refractivity contribution in [1.82, 2.24) is 10.7 Å². The summed E-state index contributed by atoms with van der Waals surface area (Å²) in [6.07, 6.45) is 1.83. The van der Waals surface area contributed by atoms with Crippen LogP contribution in [-0.4, -0.2) is 28.8 Å². The van der Waals surface area contributed by atoms with Crippen LogP contribution in [0.25, 0.3) is 0 Å². The molecule has 0 aromatic heterocycles. The molecule has 3 aromatic rings. The van der Waals surface area contributed by atoms with Crippen molar-refractivity contribution in [1.29, 1.82) is 0 Å². The number of hydrazine groups is 1. The van der Waals surface area contributed by atoms with E-state index in [-0.39, 0.29) is 11.5 Å². The second-order valence-electron chi connectivity index (χ2n) is 7.38. The maximum atomic E-state index is 13.2. The van der Waals surface area contributed by atoms with E-state index in [0.29, 0.717) is 0 Å². The topological polar surface area (TPSA) is 61.2 Å². The van der Waals surface area contributed by atoms with E-state index in [9.17, 15) is 14.0 Å². The molecule has 1 aliphatic rings. The van der Waals surface area contributed by atoms with Crippen LogP contribution in [0.3, 0.4) is 0 Å². The van der Waals surface area contributed by atoms with E-state index in [0.717, 1.165) is 21.2 Å². The first-order valence-electron chi connectivity index (χ1n) is 9.73. The third-order valence-electron chi connectivity index (χ3n) is 5.11. The minimum atomic E-state index is -0.827. The van der Waals surface area contributed by atoms with Crippen molar-refractivity contribution in [2.45, 2.75) is 19.0 Å². The molecule has 1 heterocycles. The summed E-state index contributed by atoms with van der Waals surface area (Å²) in [7, 11) is 0. The third-order valence-corrected chi connectivity index (χ3v) is 5.64. The molecule has 2 N–H and O–H groups in total. The van der Waals surface area contributed by atoms with Gasteiger partial charge in [-0.1, -0.05) is 45.8 Å². The predicted octanol–water partition coefficient (Wildman–Crippen LogP) is 3.91. The number of benzene rings is 3. The van der Waals surface area contributed by atoms with Crippen molar-refractivity contribution in [3.05, 3.63) is 105 Å². The van der Waals surface area contributed by atoms with E-state index in [2.05, 4.69) is 26.7 Å². The molecule has 0 aliphatic carbocycles. The molecule has 1 saturated heterocycles. The minimum Gasteiger partial charge on any atom is -0.334 e. The number of hydrazone groups is 1. The van der Waals surface area contributed by atoms with Gasteiger partial charge in [-0.2, -0.15) is 0 Å². The highest BCUT2D eigenvalue weighted by Crippen LogP contribution is 2.26. The van der Waals surface area contributed by atoms with Crippen LogP contribution in [-0.2, 0) is 4.79 Å². The number of nitrogens with one attached hydrogen (secondary N) is 2. The molecule has 1 fully saturated rings. The van der Waals surface area contributed by atoms with Gasteiger partial charge in [-0.25, -0.2) is 4.39 Å². The fraction of sp³-hybridized carbons (Fsp3) is 0.125. The summed E-state index contributed by atoms with van der Waals surface area (Å²) in [6, 6.07) is 19.4. The van der Waals surface area contributed by atoms with Crippen molar-refractivity contribution in [2.24, 2.45) is 0 Å². The largest absolute Gasteiger partial charge is 0.334 e. The van der Waals surface area contributed by atoms with E-state index in [1.807, 2.05) is 61.7 Å². The lowest BCUT2D eigenvalue weighted by Crippen LogP contribution is -2.42. The van der Waals surface area contributed by atoms with Gasteiger partial charge in [0.2, 0.25) is 12.3 Å². The van der Waals surface area contributed by atoms with E-state index in [1.54, 1.807) is 4.68 Å². The van der Waals surface area contributed by atoms with Crippen LogP contribution >= 0.6 is 15.9 Å². The zero-order valence-corrected chi connectivity index (χ0v) is 18.3. The molecule has 156 valence electrons. The summed E-state index contributed by atoms with van der Waals surface area (Å²) in [6.45, 7) is 1.99. The Labute approximate surface area is 187 Å². The molecule has 2 atom stereocenters. The van der Waals surface area contributed by atoms with Gasteiger partial charge in [0.25, 0.3) is 5.91 Å². The van der Waals surface area contributed by atoms with E-state index < -0.39 is 23.8 Å². The Balaban J connectivity index is 1.69. The zero-order valence-electron chi connectivity index (χ0n) is 16.7. The van der Waals surface area contributed by atoms with Gasteiger partial charge in [0.05, 0.1) is 0 Å². The second kappa shape index (κ2) is 8.81. The smallest absolute Gasteiger partial charge is 0.304 e. The number of carbonyl (C=O) groups is 2. The Kier molecular flexibility index (Phi) is 5.95. The Bertz CT molecular complexity index is 1140. The quantitative estimate of drug-likeness (QED) is 0.556. The summed E-state index contributed by atoms with van der Waals surface area (Å²) >= 11 is 3.42. The standard InChI is InChI=1S/C24H19BrFN3O2/c1-15-2-6-17(7-3-15)22-21(27-23(30)18-8-12-20(26)13-9-18)24(31)28-29(22)14-16-4-10-19(25)11-5-16/h2-14,21-22H,1H3,(H-,27,28,30,31)/p+1/b29-14-/t21-,22-/m1/s1. The second-order valence-corrected chi connectivity index (χ2v) is 8.29. The first kappa shape index (κ1) is 20.9. The molecule has 31 heavy (non-hydrogen) atoms. The Morgan fingerprint density at radius 3 is 2.32 bits per heavy atom. The van der Waals surface area contributed by atoms with Crippen LogP contribution in [0.2, 0.25) is 0 Å². The normalized spacial score (nSPS) is 19.3. The van der Waals surface area contributed by atoms with Crippen LogP contribution in [0.1, 0.15) is 33.1 Å². The fourth-order valence-electron chi connectivity index (χ4n) is 3.48. The lowest BCUT2D eigenvalue weighted by atomic mass is 9.98. The first-order chi connectivity index (χ1) is 14.9. The molecule has 0 unspecified atom stereocenters. The average Bonchev–Trinajstić information content (AvgIpc) is 3.05. The minimum absolute atomic E-state index is 0.284. The third kappa shape index (κ3) is 4.72. The van der Waals surface area contributed by atoms with Crippen molar-refractivity contribution in [3.63, 3.8) is 0 Å². The monoisotopic (exact) mass is 480 g/mol. The molecular weight excluding hydrogens is 461 g/mol. The summed E-state index contributed by atoms with van der Waals surface area (Å²) in [5.41, 5.74) is 6.00. The van der Waals surface area contributed by atoms with Crippen LogP contribution in [0, 0.1) is 12.7 Å².